The summed E-state index contributed by atoms with van der Waals surface area (Å²) in [4.78, 5) is 0. The Balaban J connectivity index is 2.35. The van der Waals surface area contributed by atoms with Crippen LogP contribution in [-0.4, -0.2) is 11.6 Å². The van der Waals surface area contributed by atoms with Crippen molar-refractivity contribution < 1.29 is 0 Å². The standard InChI is InChI=1S/C13H25N/c1-11(2,3)13-9-7-6-8-10(13)14-12(13,4)5/h10,14H,6-9H2,1-5H3. The van der Waals surface area contributed by atoms with Gasteiger partial charge < -0.3 is 5.32 Å². The van der Waals surface area contributed by atoms with Gasteiger partial charge in [-0.2, -0.15) is 0 Å². The fourth-order valence-corrected chi connectivity index (χ4v) is 4.44. The Morgan fingerprint density at radius 3 is 2.14 bits per heavy atom. The minimum Gasteiger partial charge on any atom is -0.308 e. The largest absolute Gasteiger partial charge is 0.308 e. The number of hydrogen-bond donors (Lipinski definition) is 1. The fourth-order valence-electron chi connectivity index (χ4n) is 4.44. The Morgan fingerprint density at radius 1 is 1.14 bits per heavy atom. The molecular weight excluding hydrogens is 170 g/mol. The summed E-state index contributed by atoms with van der Waals surface area (Å²) < 4.78 is 0. The van der Waals surface area contributed by atoms with Crippen LogP contribution in [0.5, 0.6) is 0 Å². The van der Waals surface area contributed by atoms with Crippen LogP contribution < -0.4 is 5.32 Å². The van der Waals surface area contributed by atoms with E-state index in [4.69, 9.17) is 0 Å². The molecule has 1 N–H and O–H groups in total. The van der Waals surface area contributed by atoms with Gasteiger partial charge in [0.25, 0.3) is 0 Å². The molecule has 2 atom stereocenters. The second kappa shape index (κ2) is 2.75. The smallest absolute Gasteiger partial charge is 0.0204 e. The zero-order valence-electron chi connectivity index (χ0n) is 10.4. The predicted octanol–water partition coefficient (Wildman–Crippen LogP) is 3.34. The average molecular weight is 195 g/mol. The SMILES string of the molecule is CC(C)(C)C12CCCCC1NC2(C)C. The molecule has 1 saturated heterocycles. The molecule has 0 aromatic rings. The normalized spacial score (nSPS) is 41.4. The first-order valence-electron chi connectivity index (χ1n) is 6.09. The molecule has 2 rings (SSSR count). The van der Waals surface area contributed by atoms with Crippen molar-refractivity contribution in [2.45, 2.75) is 71.9 Å². The minimum absolute atomic E-state index is 0.344. The molecule has 82 valence electrons. The van der Waals surface area contributed by atoms with Crippen molar-refractivity contribution in [1.82, 2.24) is 5.32 Å². The summed E-state index contributed by atoms with van der Waals surface area (Å²) in [5.41, 5.74) is 1.32. The summed E-state index contributed by atoms with van der Waals surface area (Å²) in [6.07, 6.45) is 5.66. The van der Waals surface area contributed by atoms with Crippen molar-refractivity contribution >= 4 is 0 Å². The highest BCUT2D eigenvalue weighted by molar-refractivity contribution is 5.20. The summed E-state index contributed by atoms with van der Waals surface area (Å²) in [7, 11) is 0. The molecule has 1 saturated carbocycles. The first kappa shape index (κ1) is 10.5. The minimum atomic E-state index is 0.344. The van der Waals surface area contributed by atoms with Crippen molar-refractivity contribution in [3.8, 4) is 0 Å². The van der Waals surface area contributed by atoms with E-state index in [9.17, 15) is 0 Å². The summed E-state index contributed by atoms with van der Waals surface area (Å²) in [5, 5.41) is 3.77. The maximum absolute atomic E-state index is 3.77. The lowest BCUT2D eigenvalue weighted by molar-refractivity contribution is -0.156. The van der Waals surface area contributed by atoms with E-state index < -0.39 is 0 Å². The van der Waals surface area contributed by atoms with Gasteiger partial charge in [-0.1, -0.05) is 33.6 Å². The molecule has 1 aliphatic heterocycles. The highest BCUT2D eigenvalue weighted by Gasteiger charge is 2.65. The predicted molar refractivity (Wildman–Crippen MR) is 61.4 cm³/mol. The third kappa shape index (κ3) is 1.05. The Hall–Kier alpha value is -0.0400. The van der Waals surface area contributed by atoms with Gasteiger partial charge in [-0.3, -0.25) is 0 Å². The van der Waals surface area contributed by atoms with Crippen LogP contribution in [0.15, 0.2) is 0 Å². The Bertz CT molecular complexity index is 224. The highest BCUT2D eigenvalue weighted by Crippen LogP contribution is 2.61. The molecule has 1 heteroatoms. The topological polar surface area (TPSA) is 12.0 Å². The van der Waals surface area contributed by atoms with Crippen molar-refractivity contribution in [3.63, 3.8) is 0 Å². The maximum Gasteiger partial charge on any atom is 0.0204 e. The lowest BCUT2D eigenvalue weighted by Crippen LogP contribution is -2.80. The molecule has 0 spiro atoms. The van der Waals surface area contributed by atoms with E-state index in [1.165, 1.54) is 25.7 Å². The van der Waals surface area contributed by atoms with Crippen molar-refractivity contribution in [3.05, 3.63) is 0 Å². The lowest BCUT2D eigenvalue weighted by atomic mass is 9.44. The second-order valence-electron chi connectivity index (χ2n) is 6.79. The monoisotopic (exact) mass is 195 g/mol. The second-order valence-corrected chi connectivity index (χ2v) is 6.79. The van der Waals surface area contributed by atoms with Crippen molar-refractivity contribution in [1.29, 1.82) is 0 Å². The van der Waals surface area contributed by atoms with Crippen LogP contribution in [0.2, 0.25) is 0 Å². The number of hydrogen-bond acceptors (Lipinski definition) is 1. The Kier molecular flexibility index (Phi) is 2.06. The molecule has 0 amide bonds. The van der Waals surface area contributed by atoms with Gasteiger partial charge in [0.15, 0.2) is 0 Å². The molecule has 1 heterocycles. The number of rotatable bonds is 0. The highest BCUT2D eigenvalue weighted by atomic mass is 15.2. The van der Waals surface area contributed by atoms with Gasteiger partial charge in [0.1, 0.15) is 0 Å². The van der Waals surface area contributed by atoms with Crippen molar-refractivity contribution in [2.75, 3.05) is 0 Å². The number of fused-ring (bicyclic) bond motifs is 1. The van der Waals surface area contributed by atoms with Crippen molar-refractivity contribution in [2.24, 2.45) is 10.8 Å². The summed E-state index contributed by atoms with van der Waals surface area (Å²) in [5.74, 6) is 0. The summed E-state index contributed by atoms with van der Waals surface area (Å²) in [6.45, 7) is 12.1. The van der Waals surface area contributed by atoms with Crippen LogP contribution in [0, 0.1) is 10.8 Å². The third-order valence-electron chi connectivity index (χ3n) is 4.90. The molecule has 2 fully saturated rings. The van der Waals surface area contributed by atoms with Gasteiger partial charge in [-0.15, -0.1) is 0 Å². The molecule has 0 radical (unpaired) electrons. The lowest BCUT2D eigenvalue weighted by Gasteiger charge is -2.70. The average Bonchev–Trinajstić information content (AvgIpc) is 2.00. The Morgan fingerprint density at radius 2 is 1.79 bits per heavy atom. The molecule has 1 nitrogen and oxygen atoms in total. The van der Waals surface area contributed by atoms with E-state index in [-0.39, 0.29) is 0 Å². The summed E-state index contributed by atoms with van der Waals surface area (Å²) >= 11 is 0. The molecule has 0 aromatic heterocycles. The molecule has 0 bridgehead atoms. The van der Waals surface area contributed by atoms with Crippen LogP contribution in [0.25, 0.3) is 0 Å². The summed E-state index contributed by atoms with van der Waals surface area (Å²) in [6, 6.07) is 0.784. The quantitative estimate of drug-likeness (QED) is 0.625. The van der Waals surface area contributed by atoms with Gasteiger partial charge in [-0.25, -0.2) is 0 Å². The van der Waals surface area contributed by atoms with Gasteiger partial charge in [0.05, 0.1) is 0 Å². The number of nitrogens with one attached hydrogen (secondary N) is 1. The molecule has 2 aliphatic rings. The van der Waals surface area contributed by atoms with Crippen LogP contribution in [0.1, 0.15) is 60.3 Å². The zero-order chi connectivity index (χ0) is 10.6. The maximum atomic E-state index is 3.77. The van der Waals surface area contributed by atoms with E-state index in [1.807, 2.05) is 0 Å². The zero-order valence-corrected chi connectivity index (χ0v) is 10.4. The third-order valence-corrected chi connectivity index (χ3v) is 4.90. The Labute approximate surface area is 88.7 Å². The van der Waals surface area contributed by atoms with E-state index in [0.29, 0.717) is 16.4 Å². The molecule has 0 aromatic carbocycles. The van der Waals surface area contributed by atoms with E-state index >= 15 is 0 Å². The van der Waals surface area contributed by atoms with Crippen LogP contribution in [-0.2, 0) is 0 Å². The van der Waals surface area contributed by atoms with Gasteiger partial charge >= 0.3 is 0 Å². The van der Waals surface area contributed by atoms with Crippen LogP contribution >= 0.6 is 0 Å². The van der Waals surface area contributed by atoms with E-state index in [1.54, 1.807) is 0 Å². The van der Waals surface area contributed by atoms with Crippen LogP contribution in [0.3, 0.4) is 0 Å². The van der Waals surface area contributed by atoms with E-state index in [0.717, 1.165) is 6.04 Å². The molecule has 14 heavy (non-hydrogen) atoms. The van der Waals surface area contributed by atoms with Gasteiger partial charge in [-0.05, 0) is 32.1 Å². The molecular formula is C13H25N. The first-order valence-corrected chi connectivity index (χ1v) is 6.09. The van der Waals surface area contributed by atoms with Gasteiger partial charge in [0, 0.05) is 17.0 Å². The van der Waals surface area contributed by atoms with Gasteiger partial charge in [0.2, 0.25) is 0 Å². The van der Waals surface area contributed by atoms with Crippen LogP contribution in [0.4, 0.5) is 0 Å². The first-order chi connectivity index (χ1) is 6.31. The molecule has 2 unspecified atom stereocenters. The molecule has 1 aliphatic carbocycles. The van der Waals surface area contributed by atoms with E-state index in [2.05, 4.69) is 39.9 Å². The fraction of sp³-hybridized carbons (Fsp3) is 1.00.